The Labute approximate surface area is 173 Å². The smallest absolute Gasteiger partial charge is 0.255 e. The van der Waals surface area contributed by atoms with Crippen molar-refractivity contribution in [3.8, 4) is 0 Å². The number of nitrogens with one attached hydrogen (secondary N) is 1. The van der Waals surface area contributed by atoms with E-state index in [0.717, 1.165) is 11.3 Å². The van der Waals surface area contributed by atoms with Gasteiger partial charge in [0.1, 0.15) is 0 Å². The fourth-order valence-electron chi connectivity index (χ4n) is 3.10. The second-order valence-corrected chi connectivity index (χ2v) is 7.49. The molecule has 7 heteroatoms. The van der Waals surface area contributed by atoms with Gasteiger partial charge in [-0.05, 0) is 43.2 Å². The summed E-state index contributed by atoms with van der Waals surface area (Å²) in [7, 11) is 0. The van der Waals surface area contributed by atoms with Crippen molar-refractivity contribution in [3.63, 3.8) is 0 Å². The van der Waals surface area contributed by atoms with Crippen LogP contribution >= 0.6 is 23.2 Å². The number of hydrogen-bond donors (Lipinski definition) is 2. The Morgan fingerprint density at radius 3 is 2.43 bits per heavy atom. The van der Waals surface area contributed by atoms with Crippen LogP contribution in [-0.4, -0.2) is 27.3 Å². The second-order valence-electron chi connectivity index (χ2n) is 6.62. The molecule has 0 aliphatic rings. The highest BCUT2D eigenvalue weighted by atomic mass is 35.5. The third kappa shape index (κ3) is 4.73. The zero-order valence-corrected chi connectivity index (χ0v) is 17.1. The van der Waals surface area contributed by atoms with Crippen LogP contribution in [0.3, 0.4) is 0 Å². The van der Waals surface area contributed by atoms with Crippen molar-refractivity contribution in [2.75, 3.05) is 6.54 Å². The largest absolute Gasteiger partial charge is 0.387 e. The Hall–Kier alpha value is -2.34. The molecule has 0 bridgehead atoms. The van der Waals surface area contributed by atoms with Gasteiger partial charge in [-0.3, -0.25) is 9.48 Å². The van der Waals surface area contributed by atoms with Crippen molar-refractivity contribution in [1.82, 2.24) is 15.1 Å². The lowest BCUT2D eigenvalue weighted by molar-refractivity contribution is 0.0915. The Balaban J connectivity index is 1.70. The number of carbonyl (C=O) groups is 1. The summed E-state index contributed by atoms with van der Waals surface area (Å²) in [6.45, 7) is 4.30. The molecular weight excluding hydrogens is 397 g/mol. The Kier molecular flexibility index (Phi) is 6.39. The first-order chi connectivity index (χ1) is 13.3. The maximum absolute atomic E-state index is 12.7. The van der Waals surface area contributed by atoms with E-state index in [2.05, 4.69) is 10.4 Å². The second kappa shape index (κ2) is 8.78. The number of aromatic nitrogens is 2. The van der Waals surface area contributed by atoms with E-state index in [4.69, 9.17) is 23.2 Å². The monoisotopic (exact) mass is 417 g/mol. The van der Waals surface area contributed by atoms with E-state index < -0.39 is 6.10 Å². The molecule has 0 aliphatic carbocycles. The van der Waals surface area contributed by atoms with E-state index in [9.17, 15) is 9.90 Å². The normalized spacial score (nSPS) is 12.0. The van der Waals surface area contributed by atoms with E-state index in [1.807, 2.05) is 41.9 Å². The highest BCUT2D eigenvalue weighted by Crippen LogP contribution is 2.23. The van der Waals surface area contributed by atoms with E-state index in [1.54, 1.807) is 25.1 Å². The number of carbonyl (C=O) groups excluding carboxylic acids is 1. The average molecular weight is 418 g/mol. The summed E-state index contributed by atoms with van der Waals surface area (Å²) in [5, 5.41) is 18.5. The van der Waals surface area contributed by atoms with Crippen molar-refractivity contribution < 1.29 is 9.90 Å². The quantitative estimate of drug-likeness (QED) is 0.627. The number of amides is 1. The van der Waals surface area contributed by atoms with E-state index >= 15 is 0 Å². The average Bonchev–Trinajstić information content (AvgIpc) is 2.93. The van der Waals surface area contributed by atoms with Crippen LogP contribution in [0.2, 0.25) is 10.0 Å². The van der Waals surface area contributed by atoms with Gasteiger partial charge in [0.15, 0.2) is 0 Å². The van der Waals surface area contributed by atoms with E-state index in [1.165, 1.54) is 0 Å². The molecule has 0 spiro atoms. The molecule has 0 radical (unpaired) electrons. The topological polar surface area (TPSA) is 67.2 Å². The zero-order chi connectivity index (χ0) is 20.3. The number of aryl methyl sites for hydroxylation is 1. The first-order valence-corrected chi connectivity index (χ1v) is 9.61. The van der Waals surface area contributed by atoms with Gasteiger partial charge in [0.25, 0.3) is 5.91 Å². The lowest BCUT2D eigenvalue weighted by Gasteiger charge is -2.13. The van der Waals surface area contributed by atoms with Crippen LogP contribution in [0.4, 0.5) is 0 Å². The van der Waals surface area contributed by atoms with Crippen LogP contribution in [-0.2, 0) is 6.54 Å². The molecule has 1 atom stereocenters. The first-order valence-electron chi connectivity index (χ1n) is 8.85. The van der Waals surface area contributed by atoms with E-state index in [-0.39, 0.29) is 12.5 Å². The minimum atomic E-state index is -0.917. The number of hydrogen-bond acceptors (Lipinski definition) is 3. The standard InChI is InChI=1S/C21H21Cl2N3O2/c1-13-20(14(2)26(25-13)12-15-6-4-3-5-7-15)21(28)24-11-19(27)16-8-17(22)10-18(23)9-16/h3-10,19,27H,11-12H2,1-2H3,(H,24,28). The van der Waals surface area contributed by atoms with Gasteiger partial charge in [0, 0.05) is 22.3 Å². The Bertz CT molecular complexity index is 967. The molecule has 0 saturated carbocycles. The third-order valence-corrected chi connectivity index (χ3v) is 4.95. The van der Waals surface area contributed by atoms with Crippen LogP contribution < -0.4 is 5.32 Å². The minimum Gasteiger partial charge on any atom is -0.387 e. The molecule has 28 heavy (non-hydrogen) atoms. The molecule has 1 heterocycles. The van der Waals surface area contributed by atoms with Gasteiger partial charge < -0.3 is 10.4 Å². The van der Waals surface area contributed by atoms with Crippen LogP contribution in [0, 0.1) is 13.8 Å². The van der Waals surface area contributed by atoms with Gasteiger partial charge in [-0.1, -0.05) is 53.5 Å². The Morgan fingerprint density at radius 1 is 1.14 bits per heavy atom. The minimum absolute atomic E-state index is 0.0399. The van der Waals surface area contributed by atoms with Gasteiger partial charge in [-0.25, -0.2) is 0 Å². The van der Waals surface area contributed by atoms with Gasteiger partial charge in [-0.15, -0.1) is 0 Å². The maximum atomic E-state index is 12.7. The highest BCUT2D eigenvalue weighted by molar-refractivity contribution is 6.34. The molecule has 0 saturated heterocycles. The number of halogens is 2. The maximum Gasteiger partial charge on any atom is 0.255 e. The fourth-order valence-corrected chi connectivity index (χ4v) is 3.64. The SMILES string of the molecule is Cc1nn(Cc2ccccc2)c(C)c1C(=O)NCC(O)c1cc(Cl)cc(Cl)c1. The number of aliphatic hydroxyl groups excluding tert-OH is 1. The van der Waals surface area contributed by atoms with Crippen molar-refractivity contribution in [3.05, 3.63) is 86.7 Å². The van der Waals surface area contributed by atoms with Gasteiger partial charge in [-0.2, -0.15) is 5.10 Å². The fraction of sp³-hybridized carbons (Fsp3) is 0.238. The highest BCUT2D eigenvalue weighted by Gasteiger charge is 2.20. The molecule has 1 amide bonds. The molecule has 3 aromatic rings. The van der Waals surface area contributed by atoms with Crippen LogP contribution in [0.15, 0.2) is 48.5 Å². The van der Waals surface area contributed by atoms with Gasteiger partial charge in [0.05, 0.1) is 23.9 Å². The molecular formula is C21H21Cl2N3O2. The lowest BCUT2D eigenvalue weighted by atomic mass is 10.1. The summed E-state index contributed by atoms with van der Waals surface area (Å²) >= 11 is 11.9. The Morgan fingerprint density at radius 2 is 1.79 bits per heavy atom. The molecule has 5 nitrogen and oxygen atoms in total. The molecule has 2 N–H and O–H groups in total. The predicted molar refractivity (Wildman–Crippen MR) is 111 cm³/mol. The molecule has 1 aromatic heterocycles. The summed E-state index contributed by atoms with van der Waals surface area (Å²) in [4.78, 5) is 12.7. The first kappa shape index (κ1) is 20.4. The predicted octanol–water partition coefficient (Wildman–Crippen LogP) is 4.32. The summed E-state index contributed by atoms with van der Waals surface area (Å²) in [5.41, 5.74) is 3.59. The zero-order valence-electron chi connectivity index (χ0n) is 15.6. The molecule has 1 unspecified atom stereocenters. The molecule has 3 rings (SSSR count). The summed E-state index contributed by atoms with van der Waals surface area (Å²) in [6, 6.07) is 14.8. The van der Waals surface area contributed by atoms with Crippen LogP contribution in [0.5, 0.6) is 0 Å². The van der Waals surface area contributed by atoms with Crippen molar-refractivity contribution in [1.29, 1.82) is 0 Å². The van der Waals surface area contributed by atoms with Gasteiger partial charge in [0.2, 0.25) is 0 Å². The van der Waals surface area contributed by atoms with Crippen molar-refractivity contribution >= 4 is 29.1 Å². The molecule has 0 fully saturated rings. The number of nitrogens with zero attached hydrogens (tertiary/aromatic N) is 2. The third-order valence-electron chi connectivity index (χ3n) is 4.51. The van der Waals surface area contributed by atoms with Crippen molar-refractivity contribution in [2.45, 2.75) is 26.5 Å². The molecule has 2 aromatic carbocycles. The summed E-state index contributed by atoms with van der Waals surface area (Å²) in [6.07, 6.45) is -0.917. The number of aliphatic hydroxyl groups is 1. The van der Waals surface area contributed by atoms with E-state index in [0.29, 0.717) is 33.4 Å². The van der Waals surface area contributed by atoms with Crippen LogP contribution in [0.1, 0.15) is 39.0 Å². The number of rotatable bonds is 6. The lowest BCUT2D eigenvalue weighted by Crippen LogP contribution is -2.29. The van der Waals surface area contributed by atoms with Crippen LogP contribution in [0.25, 0.3) is 0 Å². The summed E-state index contributed by atoms with van der Waals surface area (Å²) < 4.78 is 1.81. The van der Waals surface area contributed by atoms with Gasteiger partial charge >= 0.3 is 0 Å². The van der Waals surface area contributed by atoms with Crippen molar-refractivity contribution in [2.24, 2.45) is 0 Å². The molecule has 0 aliphatic heterocycles. The molecule has 146 valence electrons. The number of benzene rings is 2. The summed E-state index contributed by atoms with van der Waals surface area (Å²) in [5.74, 6) is -0.276.